The lowest BCUT2D eigenvalue weighted by Crippen LogP contribution is -2.48. The zero-order valence-electron chi connectivity index (χ0n) is 16.7. The molecule has 0 aliphatic carbocycles. The second-order valence-electron chi connectivity index (χ2n) is 7.08. The first-order chi connectivity index (χ1) is 14.1. The van der Waals surface area contributed by atoms with Crippen molar-refractivity contribution >= 4 is 22.6 Å². The van der Waals surface area contributed by atoms with Crippen molar-refractivity contribution in [2.24, 2.45) is 5.92 Å². The van der Waals surface area contributed by atoms with E-state index in [1.165, 1.54) is 12.1 Å². The van der Waals surface area contributed by atoms with E-state index >= 15 is 0 Å². The molecule has 30 heavy (non-hydrogen) atoms. The number of nitrogens with one attached hydrogen (secondary N) is 1. The van der Waals surface area contributed by atoms with Gasteiger partial charge in [-0.05, 0) is 42.7 Å². The zero-order chi connectivity index (χ0) is 20.6. The van der Waals surface area contributed by atoms with Crippen molar-refractivity contribution in [3.05, 3.63) is 66.0 Å². The highest BCUT2D eigenvalue weighted by molar-refractivity contribution is 7.82. The standard InChI is InChI=1S/C21H26FN3O3S.H2O/c22-19-8-10-20(11-9-19)24-12-14-25(15-13-24)29(28)16-18(21(26)23-27)7-6-17-4-2-1-3-5-17;/h1-5,8-11,18,27H,6-7,12-16H2,(H,23,26);1H2. The molecule has 2 atom stereocenters. The topological polar surface area (TPSA) is 104 Å². The van der Waals surface area contributed by atoms with Crippen molar-refractivity contribution in [2.75, 3.05) is 36.8 Å². The molecule has 1 fully saturated rings. The summed E-state index contributed by atoms with van der Waals surface area (Å²) in [5, 5.41) is 9.06. The van der Waals surface area contributed by atoms with Gasteiger partial charge in [-0.2, -0.15) is 0 Å². The second-order valence-corrected chi connectivity index (χ2v) is 8.57. The van der Waals surface area contributed by atoms with Gasteiger partial charge in [0.1, 0.15) is 5.82 Å². The number of halogens is 1. The summed E-state index contributed by atoms with van der Waals surface area (Å²) in [6.07, 6.45) is 1.19. The predicted molar refractivity (Wildman–Crippen MR) is 115 cm³/mol. The van der Waals surface area contributed by atoms with Gasteiger partial charge in [0.2, 0.25) is 5.91 Å². The van der Waals surface area contributed by atoms with E-state index in [2.05, 4.69) is 4.90 Å². The first-order valence-electron chi connectivity index (χ1n) is 9.68. The van der Waals surface area contributed by atoms with Crippen LogP contribution in [0.25, 0.3) is 0 Å². The van der Waals surface area contributed by atoms with Crippen LogP contribution in [-0.2, 0) is 22.2 Å². The van der Waals surface area contributed by atoms with Crippen LogP contribution in [0.2, 0.25) is 0 Å². The fourth-order valence-corrected chi connectivity index (χ4v) is 4.89. The molecule has 0 bridgehead atoms. The third-order valence-electron chi connectivity index (χ3n) is 5.17. The highest BCUT2D eigenvalue weighted by Crippen LogP contribution is 2.19. The van der Waals surface area contributed by atoms with E-state index in [-0.39, 0.29) is 17.0 Å². The number of aryl methyl sites for hydroxylation is 1. The predicted octanol–water partition coefficient (Wildman–Crippen LogP) is 1.54. The highest BCUT2D eigenvalue weighted by Gasteiger charge is 2.26. The minimum atomic E-state index is -1.32. The van der Waals surface area contributed by atoms with Crippen LogP contribution in [0.5, 0.6) is 0 Å². The Hall–Kier alpha value is -2.33. The van der Waals surface area contributed by atoms with Gasteiger partial charge in [-0.3, -0.25) is 10.0 Å². The normalized spacial score (nSPS) is 16.4. The Morgan fingerprint density at radius 1 is 1.07 bits per heavy atom. The minimum absolute atomic E-state index is 0. The van der Waals surface area contributed by atoms with E-state index in [1.807, 2.05) is 34.6 Å². The molecule has 1 aliphatic heterocycles. The van der Waals surface area contributed by atoms with Crippen LogP contribution in [0, 0.1) is 11.7 Å². The summed E-state index contributed by atoms with van der Waals surface area (Å²) in [4.78, 5) is 14.2. The summed E-state index contributed by atoms with van der Waals surface area (Å²) in [6.45, 7) is 2.54. The van der Waals surface area contributed by atoms with Crippen molar-refractivity contribution in [3.8, 4) is 0 Å². The molecule has 164 valence electrons. The number of hydroxylamine groups is 1. The lowest BCUT2D eigenvalue weighted by molar-refractivity contribution is -0.132. The maximum atomic E-state index is 13.1. The SMILES string of the molecule is O.O=C(NO)C(CCc1ccccc1)CS(=O)N1CCN(c2ccc(F)cc2)CC1. The van der Waals surface area contributed by atoms with Crippen LogP contribution in [0.4, 0.5) is 10.1 Å². The van der Waals surface area contributed by atoms with E-state index in [9.17, 15) is 13.4 Å². The van der Waals surface area contributed by atoms with Crippen molar-refractivity contribution in [1.29, 1.82) is 0 Å². The Labute approximate surface area is 178 Å². The van der Waals surface area contributed by atoms with Gasteiger partial charge in [-0.1, -0.05) is 30.3 Å². The number of carbonyl (C=O) groups excluding carboxylic acids is 1. The van der Waals surface area contributed by atoms with Crippen molar-refractivity contribution in [3.63, 3.8) is 0 Å². The Kier molecular flexibility index (Phi) is 9.38. The van der Waals surface area contributed by atoms with Crippen LogP contribution < -0.4 is 10.4 Å². The maximum absolute atomic E-state index is 13.1. The number of anilines is 1. The summed E-state index contributed by atoms with van der Waals surface area (Å²) >= 11 is 0. The first kappa shape index (κ1) is 23.9. The van der Waals surface area contributed by atoms with Gasteiger partial charge in [0.05, 0.1) is 16.9 Å². The average molecular weight is 438 g/mol. The number of amides is 1. The third kappa shape index (κ3) is 6.60. The molecule has 4 N–H and O–H groups in total. The number of nitrogens with zero attached hydrogens (tertiary/aromatic N) is 2. The van der Waals surface area contributed by atoms with Crippen LogP contribution in [0.3, 0.4) is 0 Å². The molecule has 0 saturated carbocycles. The Bertz CT molecular complexity index is 815. The lowest BCUT2D eigenvalue weighted by Gasteiger charge is -2.35. The number of rotatable bonds is 8. The molecule has 1 aliphatic rings. The van der Waals surface area contributed by atoms with E-state index in [0.29, 0.717) is 39.0 Å². The maximum Gasteiger partial charge on any atom is 0.247 e. The first-order valence-corrected chi connectivity index (χ1v) is 11.0. The monoisotopic (exact) mass is 437 g/mol. The van der Waals surface area contributed by atoms with Gasteiger partial charge in [0.15, 0.2) is 0 Å². The summed E-state index contributed by atoms with van der Waals surface area (Å²) in [7, 11) is -1.32. The lowest BCUT2D eigenvalue weighted by atomic mass is 10.0. The van der Waals surface area contributed by atoms with Crippen LogP contribution in [0.1, 0.15) is 12.0 Å². The number of hydrogen-bond acceptors (Lipinski definition) is 4. The molecular weight excluding hydrogens is 409 g/mol. The quantitative estimate of drug-likeness (QED) is 0.483. The molecule has 0 aromatic heterocycles. The van der Waals surface area contributed by atoms with Crippen LogP contribution in [-0.4, -0.2) is 57.0 Å². The molecule has 7 nitrogen and oxygen atoms in total. The summed E-state index contributed by atoms with van der Waals surface area (Å²) in [5.41, 5.74) is 3.75. The van der Waals surface area contributed by atoms with Gasteiger partial charge in [-0.25, -0.2) is 18.4 Å². The number of hydrogen-bond donors (Lipinski definition) is 2. The molecule has 2 aromatic carbocycles. The second kappa shape index (κ2) is 11.8. The van der Waals surface area contributed by atoms with Crippen molar-refractivity contribution < 1.29 is 24.1 Å². The van der Waals surface area contributed by atoms with Crippen LogP contribution in [0.15, 0.2) is 54.6 Å². The van der Waals surface area contributed by atoms with Gasteiger partial charge >= 0.3 is 0 Å². The van der Waals surface area contributed by atoms with Crippen LogP contribution >= 0.6 is 0 Å². The molecule has 3 rings (SSSR count). The Morgan fingerprint density at radius 3 is 2.30 bits per heavy atom. The van der Waals surface area contributed by atoms with Crippen molar-refractivity contribution in [1.82, 2.24) is 9.79 Å². The molecule has 1 saturated heterocycles. The Morgan fingerprint density at radius 2 is 1.70 bits per heavy atom. The molecule has 2 unspecified atom stereocenters. The molecule has 9 heteroatoms. The molecule has 2 aromatic rings. The van der Waals surface area contributed by atoms with Gasteiger partial charge in [-0.15, -0.1) is 0 Å². The van der Waals surface area contributed by atoms with E-state index < -0.39 is 22.8 Å². The molecule has 0 spiro atoms. The van der Waals surface area contributed by atoms with Gasteiger partial charge in [0, 0.05) is 37.6 Å². The zero-order valence-corrected chi connectivity index (χ0v) is 17.5. The molecule has 1 heterocycles. The minimum Gasteiger partial charge on any atom is -0.412 e. The fraction of sp³-hybridized carbons (Fsp3) is 0.381. The average Bonchev–Trinajstić information content (AvgIpc) is 2.77. The summed E-state index contributed by atoms with van der Waals surface area (Å²) < 4.78 is 27.8. The highest BCUT2D eigenvalue weighted by atomic mass is 32.2. The largest absolute Gasteiger partial charge is 0.412 e. The smallest absolute Gasteiger partial charge is 0.247 e. The van der Waals surface area contributed by atoms with Crippen molar-refractivity contribution in [2.45, 2.75) is 12.8 Å². The summed E-state index contributed by atoms with van der Waals surface area (Å²) in [6, 6.07) is 16.1. The third-order valence-corrected chi connectivity index (χ3v) is 6.80. The van der Waals surface area contributed by atoms with E-state index in [0.717, 1.165) is 11.3 Å². The Balaban J connectivity index is 0.00000320. The number of carbonyl (C=O) groups is 1. The number of piperazine rings is 1. The molecule has 1 amide bonds. The molecule has 0 radical (unpaired) electrons. The fourth-order valence-electron chi connectivity index (χ4n) is 3.45. The van der Waals surface area contributed by atoms with Gasteiger partial charge in [0.25, 0.3) is 0 Å². The van der Waals surface area contributed by atoms with E-state index in [4.69, 9.17) is 5.21 Å². The number of benzene rings is 2. The summed E-state index contributed by atoms with van der Waals surface area (Å²) in [5.74, 6) is -1.12. The molecular formula is C21H28FN3O4S. The van der Waals surface area contributed by atoms with Gasteiger partial charge < -0.3 is 10.4 Å². The van der Waals surface area contributed by atoms with E-state index in [1.54, 1.807) is 17.6 Å².